The molecule has 0 bridgehead atoms. The summed E-state index contributed by atoms with van der Waals surface area (Å²) in [5.74, 6) is 0. The highest BCUT2D eigenvalue weighted by atomic mass is 31.2. The number of aryl methyl sites for hydroxylation is 2. The summed E-state index contributed by atoms with van der Waals surface area (Å²) in [5, 5.41) is 6.49. The number of benzene rings is 1. The van der Waals surface area contributed by atoms with Crippen molar-refractivity contribution < 1.29 is 33.8 Å². The molecule has 0 spiro atoms. The van der Waals surface area contributed by atoms with Crippen LogP contribution >= 0.6 is 15.2 Å². The number of aromatic nitrogens is 2. The van der Waals surface area contributed by atoms with E-state index >= 15 is 0 Å². The van der Waals surface area contributed by atoms with Crippen LogP contribution in [0.5, 0.6) is 0 Å². The van der Waals surface area contributed by atoms with Crippen LogP contribution in [-0.4, -0.2) is 39.3 Å². The van der Waals surface area contributed by atoms with Gasteiger partial charge in [0, 0.05) is 11.9 Å². The molecule has 0 amide bonds. The molecule has 0 unspecified atom stereocenters. The highest BCUT2D eigenvalue weighted by Gasteiger charge is 2.59. The van der Waals surface area contributed by atoms with E-state index in [0.717, 1.165) is 16.5 Å². The van der Waals surface area contributed by atoms with E-state index in [-0.39, 0.29) is 0 Å². The lowest BCUT2D eigenvalue weighted by Crippen LogP contribution is -2.34. The summed E-state index contributed by atoms with van der Waals surface area (Å²) in [6, 6.07) is 9.42. The first-order valence-corrected chi connectivity index (χ1v) is 10.1. The van der Waals surface area contributed by atoms with Crippen LogP contribution in [0.25, 0.3) is 0 Å². The van der Waals surface area contributed by atoms with Crippen molar-refractivity contribution in [2.24, 2.45) is 0 Å². The van der Waals surface area contributed by atoms with Gasteiger partial charge in [-0.1, -0.05) is 30.3 Å². The Labute approximate surface area is 137 Å². The normalized spacial score (nSPS) is 13.2. The Balaban J connectivity index is 2.23. The minimum absolute atomic E-state index is 0.419. The molecular formula is C13H18N2O7P2. The van der Waals surface area contributed by atoms with Gasteiger partial charge in [-0.25, -0.2) is 4.98 Å². The number of aliphatic hydroxyl groups is 1. The van der Waals surface area contributed by atoms with Crippen molar-refractivity contribution in [1.82, 2.24) is 9.55 Å². The van der Waals surface area contributed by atoms with Crippen molar-refractivity contribution in [3.05, 3.63) is 54.1 Å². The number of rotatable bonds is 7. The monoisotopic (exact) mass is 376 g/mol. The molecular weight excluding hydrogens is 358 g/mol. The quantitative estimate of drug-likeness (QED) is 0.442. The van der Waals surface area contributed by atoms with Crippen LogP contribution < -0.4 is 0 Å². The van der Waals surface area contributed by atoms with E-state index in [2.05, 4.69) is 4.98 Å². The van der Waals surface area contributed by atoms with E-state index in [1.165, 1.54) is 6.20 Å². The van der Waals surface area contributed by atoms with E-state index in [1.54, 1.807) is 0 Å². The van der Waals surface area contributed by atoms with Crippen molar-refractivity contribution in [3.63, 3.8) is 0 Å². The lowest BCUT2D eigenvalue weighted by Gasteiger charge is -2.29. The van der Waals surface area contributed by atoms with E-state index in [9.17, 15) is 33.8 Å². The van der Waals surface area contributed by atoms with Gasteiger partial charge in [-0.05, 0) is 18.4 Å². The molecule has 132 valence electrons. The van der Waals surface area contributed by atoms with Gasteiger partial charge in [-0.2, -0.15) is 0 Å². The zero-order chi connectivity index (χ0) is 18.0. The second-order valence-corrected chi connectivity index (χ2v) is 9.37. The molecule has 0 fully saturated rings. The lowest BCUT2D eigenvalue weighted by molar-refractivity contribution is 0.114. The van der Waals surface area contributed by atoms with Crippen molar-refractivity contribution in [2.75, 3.05) is 0 Å². The zero-order valence-electron chi connectivity index (χ0n) is 12.5. The summed E-state index contributed by atoms with van der Waals surface area (Å²) in [5.41, 5.74) is 1.50. The third-order valence-corrected chi connectivity index (χ3v) is 7.34. The third-order valence-electron chi connectivity index (χ3n) is 3.63. The largest absolute Gasteiger partial charge is 0.371 e. The summed E-state index contributed by atoms with van der Waals surface area (Å²) in [7, 11) is -11.0. The average molecular weight is 376 g/mol. The minimum atomic E-state index is -5.50. The van der Waals surface area contributed by atoms with Crippen LogP contribution in [0.4, 0.5) is 0 Å². The molecule has 2 rings (SSSR count). The Morgan fingerprint density at radius 3 is 2.12 bits per heavy atom. The van der Waals surface area contributed by atoms with Gasteiger partial charge in [0.25, 0.3) is 5.08 Å². The first-order valence-electron chi connectivity index (χ1n) is 6.91. The topological polar surface area (TPSA) is 153 Å². The lowest BCUT2D eigenvalue weighted by atomic mass is 10.1. The van der Waals surface area contributed by atoms with Gasteiger partial charge >= 0.3 is 15.2 Å². The molecule has 1 heterocycles. The van der Waals surface area contributed by atoms with E-state index in [0.29, 0.717) is 18.5 Å². The molecule has 5 N–H and O–H groups in total. The van der Waals surface area contributed by atoms with Crippen LogP contribution in [0.2, 0.25) is 0 Å². The van der Waals surface area contributed by atoms with E-state index in [1.807, 2.05) is 30.3 Å². The summed E-state index contributed by atoms with van der Waals surface area (Å²) in [4.78, 5) is 40.6. The number of hydrogen-bond acceptors (Lipinski definition) is 4. The fraction of sp³-hybridized carbons (Fsp3) is 0.308. The maximum Gasteiger partial charge on any atom is 0.371 e. The van der Waals surface area contributed by atoms with Crippen LogP contribution in [0, 0.1) is 0 Å². The van der Waals surface area contributed by atoms with Crippen molar-refractivity contribution in [3.8, 4) is 0 Å². The first-order chi connectivity index (χ1) is 11.0. The van der Waals surface area contributed by atoms with Crippen molar-refractivity contribution >= 4 is 15.2 Å². The molecule has 11 heteroatoms. The Morgan fingerprint density at radius 2 is 1.58 bits per heavy atom. The molecule has 9 nitrogen and oxygen atoms in total. The number of hydrogen-bond donors (Lipinski definition) is 5. The van der Waals surface area contributed by atoms with Crippen molar-refractivity contribution in [2.45, 2.75) is 24.5 Å². The van der Waals surface area contributed by atoms with Crippen LogP contribution in [0.1, 0.15) is 11.3 Å². The molecule has 2 aromatic rings. The van der Waals surface area contributed by atoms with Crippen LogP contribution in [0.3, 0.4) is 0 Å². The molecule has 0 saturated heterocycles. The first kappa shape index (κ1) is 19.0. The Kier molecular flexibility index (Phi) is 5.47. The standard InChI is InChI=1S/C13H18N2O7P2/c16-13(23(17,18)19,24(20,21)22)9-15-10-14-8-12(15)7-6-11-4-2-1-3-5-11/h1-5,8,10,16H,6-7,9H2,(H2,17,18,19)(H2,20,21,22). The van der Waals surface area contributed by atoms with Gasteiger partial charge in [0.1, 0.15) is 0 Å². The van der Waals surface area contributed by atoms with Gasteiger partial charge in [0.05, 0.1) is 12.9 Å². The Morgan fingerprint density at radius 1 is 1.00 bits per heavy atom. The van der Waals surface area contributed by atoms with Gasteiger partial charge in [0.2, 0.25) is 0 Å². The molecule has 24 heavy (non-hydrogen) atoms. The van der Waals surface area contributed by atoms with Gasteiger partial charge in [-0.15, -0.1) is 0 Å². The van der Waals surface area contributed by atoms with E-state index < -0.39 is 26.8 Å². The molecule has 0 atom stereocenters. The Hall–Kier alpha value is -1.31. The second-order valence-electron chi connectivity index (χ2n) is 5.36. The predicted octanol–water partition coefficient (Wildman–Crippen LogP) is 0.670. The minimum Gasteiger partial charge on any atom is -0.366 e. The fourth-order valence-corrected chi connectivity index (χ4v) is 4.23. The van der Waals surface area contributed by atoms with Gasteiger partial charge in [-0.3, -0.25) is 9.13 Å². The summed E-state index contributed by atoms with van der Waals surface area (Å²) >= 11 is 0. The summed E-state index contributed by atoms with van der Waals surface area (Å²) < 4.78 is 24.0. The molecule has 0 aliphatic carbocycles. The molecule has 0 radical (unpaired) electrons. The molecule has 1 aromatic heterocycles. The van der Waals surface area contributed by atoms with Gasteiger partial charge in [0.15, 0.2) is 0 Å². The SMILES string of the molecule is O=P(O)(O)C(O)(Cn1cncc1CCc1ccccc1)P(=O)(O)O. The summed E-state index contributed by atoms with van der Waals surface area (Å²) in [6.07, 6.45) is 3.60. The molecule has 0 aliphatic rings. The zero-order valence-corrected chi connectivity index (χ0v) is 14.3. The fourth-order valence-electron chi connectivity index (χ4n) is 2.20. The molecule has 0 saturated carbocycles. The molecule has 1 aromatic carbocycles. The smallest absolute Gasteiger partial charge is 0.366 e. The Bertz CT molecular complexity index is 759. The van der Waals surface area contributed by atoms with Crippen LogP contribution in [-0.2, 0) is 28.5 Å². The highest BCUT2D eigenvalue weighted by molar-refractivity contribution is 7.72. The van der Waals surface area contributed by atoms with Crippen molar-refractivity contribution in [1.29, 1.82) is 0 Å². The predicted molar refractivity (Wildman–Crippen MR) is 85.1 cm³/mol. The van der Waals surface area contributed by atoms with E-state index in [4.69, 9.17) is 0 Å². The maximum atomic E-state index is 11.4. The number of nitrogens with zero attached hydrogens (tertiary/aromatic N) is 2. The highest BCUT2D eigenvalue weighted by Crippen LogP contribution is 2.68. The van der Waals surface area contributed by atoms with Crippen LogP contribution in [0.15, 0.2) is 42.9 Å². The molecule has 0 aliphatic heterocycles. The third kappa shape index (κ3) is 4.02. The summed E-state index contributed by atoms with van der Waals surface area (Å²) in [6.45, 7) is -0.967. The maximum absolute atomic E-state index is 11.4. The average Bonchev–Trinajstić information content (AvgIpc) is 2.91. The number of imidazole rings is 1. The second kappa shape index (κ2) is 6.90. The van der Waals surface area contributed by atoms with Gasteiger partial charge < -0.3 is 29.2 Å².